The first-order chi connectivity index (χ1) is 7.33. The van der Waals surface area contributed by atoms with Crippen LogP contribution in [-0.2, 0) is 9.59 Å². The second-order valence-electron chi connectivity index (χ2n) is 3.93. The second-order valence-corrected chi connectivity index (χ2v) is 3.93. The van der Waals surface area contributed by atoms with Gasteiger partial charge in [0.25, 0.3) is 0 Å². The predicted molar refractivity (Wildman–Crippen MR) is 70.6 cm³/mol. The quantitative estimate of drug-likeness (QED) is 0.595. The first kappa shape index (κ1) is 20.5. The molecule has 0 amide bonds. The monoisotopic (exact) mass is 229 g/mol. The van der Waals surface area contributed by atoms with Crippen LogP contribution in [0.4, 0.5) is 0 Å². The van der Waals surface area contributed by atoms with E-state index in [2.05, 4.69) is 11.9 Å². The van der Waals surface area contributed by atoms with Crippen molar-refractivity contribution in [1.82, 2.24) is 5.32 Å². The predicted octanol–water partition coefficient (Wildman–Crippen LogP) is 2.61. The van der Waals surface area contributed by atoms with Crippen molar-refractivity contribution in [2.24, 2.45) is 5.92 Å². The molecule has 0 aromatic carbocycles. The molecule has 0 aromatic heterocycles. The highest BCUT2D eigenvalue weighted by Crippen LogP contribution is 1.95. The van der Waals surface area contributed by atoms with E-state index in [0.717, 1.165) is 18.3 Å². The lowest BCUT2D eigenvalue weighted by Crippen LogP contribution is -1.98. The molecular formula is C13H27NO2. The summed E-state index contributed by atoms with van der Waals surface area (Å²) in [5.41, 5.74) is 1.08. The molecular weight excluding hydrogens is 202 g/mol. The number of Topliss-reactive ketones (excluding diaryl/α,β-unsaturated/α-hetero) is 1. The van der Waals surface area contributed by atoms with Gasteiger partial charge in [-0.15, -0.1) is 6.58 Å². The molecule has 0 saturated heterocycles. The van der Waals surface area contributed by atoms with Gasteiger partial charge in [0.2, 0.25) is 0 Å². The molecule has 0 heterocycles. The van der Waals surface area contributed by atoms with Crippen LogP contribution in [0.1, 0.15) is 40.5 Å². The number of carbonyl (C=O) groups is 2. The van der Waals surface area contributed by atoms with Crippen LogP contribution in [0, 0.1) is 5.92 Å². The van der Waals surface area contributed by atoms with Crippen molar-refractivity contribution in [3.8, 4) is 0 Å². The summed E-state index contributed by atoms with van der Waals surface area (Å²) in [7, 11) is 3.75. The number of aldehydes is 1. The lowest BCUT2D eigenvalue weighted by Gasteiger charge is -1.90. The van der Waals surface area contributed by atoms with Crippen molar-refractivity contribution in [3.05, 3.63) is 12.2 Å². The first-order valence-electron chi connectivity index (χ1n) is 5.50. The molecule has 0 bridgehead atoms. The molecule has 96 valence electrons. The van der Waals surface area contributed by atoms with E-state index in [0.29, 0.717) is 6.42 Å². The lowest BCUT2D eigenvalue weighted by molar-refractivity contribution is -0.119. The van der Waals surface area contributed by atoms with Gasteiger partial charge in [0.1, 0.15) is 12.1 Å². The highest BCUT2D eigenvalue weighted by Gasteiger charge is 1.95. The van der Waals surface area contributed by atoms with Gasteiger partial charge in [-0.2, -0.15) is 0 Å². The Kier molecular flexibility index (Phi) is 21.1. The largest absolute Gasteiger partial charge is 0.323 e. The number of hydrogen-bond acceptors (Lipinski definition) is 3. The molecule has 0 atom stereocenters. The molecule has 3 nitrogen and oxygen atoms in total. The summed E-state index contributed by atoms with van der Waals surface area (Å²) in [6.07, 6.45) is 2.37. The Hall–Kier alpha value is -0.960. The molecule has 3 heteroatoms. The molecule has 0 aliphatic rings. The standard InChI is InChI=1S/C6H10O.C5H10O.C2H7N/c1-6(2)4-3-5-7;1-4(2)5(3)6;1-3-2/h5H,1,3-4H2,2H3;4H,1-3H3;3H,1-2H3. The Morgan fingerprint density at radius 2 is 1.62 bits per heavy atom. The van der Waals surface area contributed by atoms with Crippen molar-refractivity contribution in [2.45, 2.75) is 40.5 Å². The maximum absolute atomic E-state index is 10.1. The Morgan fingerprint density at radius 1 is 1.31 bits per heavy atom. The lowest BCUT2D eigenvalue weighted by atomic mass is 10.1. The van der Waals surface area contributed by atoms with Gasteiger partial charge in [-0.05, 0) is 34.4 Å². The topological polar surface area (TPSA) is 46.2 Å². The van der Waals surface area contributed by atoms with Crippen molar-refractivity contribution in [2.75, 3.05) is 14.1 Å². The van der Waals surface area contributed by atoms with E-state index in [4.69, 9.17) is 0 Å². The average Bonchev–Trinajstić information content (AvgIpc) is 2.16. The van der Waals surface area contributed by atoms with E-state index < -0.39 is 0 Å². The zero-order valence-corrected chi connectivity index (χ0v) is 11.6. The fourth-order valence-corrected chi connectivity index (χ4v) is 0.305. The van der Waals surface area contributed by atoms with E-state index in [1.54, 1.807) is 6.92 Å². The van der Waals surface area contributed by atoms with Gasteiger partial charge in [0.15, 0.2) is 0 Å². The van der Waals surface area contributed by atoms with E-state index >= 15 is 0 Å². The summed E-state index contributed by atoms with van der Waals surface area (Å²) in [5, 5.41) is 2.75. The van der Waals surface area contributed by atoms with Crippen LogP contribution in [0.15, 0.2) is 12.2 Å². The summed E-state index contributed by atoms with van der Waals surface area (Å²) < 4.78 is 0. The molecule has 0 aromatic rings. The summed E-state index contributed by atoms with van der Waals surface area (Å²) in [6, 6.07) is 0. The normalized spacial score (nSPS) is 8.19. The van der Waals surface area contributed by atoms with Gasteiger partial charge in [-0.3, -0.25) is 4.79 Å². The zero-order chi connectivity index (χ0) is 13.6. The zero-order valence-electron chi connectivity index (χ0n) is 11.6. The maximum atomic E-state index is 10.1. The minimum Gasteiger partial charge on any atom is -0.323 e. The van der Waals surface area contributed by atoms with E-state index in [9.17, 15) is 9.59 Å². The average molecular weight is 229 g/mol. The van der Waals surface area contributed by atoms with Gasteiger partial charge in [-0.1, -0.05) is 19.4 Å². The molecule has 0 fully saturated rings. The van der Waals surface area contributed by atoms with Gasteiger partial charge < -0.3 is 10.1 Å². The van der Waals surface area contributed by atoms with E-state index in [1.807, 2.05) is 34.9 Å². The Labute approximate surface area is 100 Å². The number of nitrogens with one attached hydrogen (secondary N) is 1. The van der Waals surface area contributed by atoms with Crippen molar-refractivity contribution in [1.29, 1.82) is 0 Å². The van der Waals surface area contributed by atoms with Gasteiger partial charge >= 0.3 is 0 Å². The van der Waals surface area contributed by atoms with Crippen LogP contribution in [0.2, 0.25) is 0 Å². The van der Waals surface area contributed by atoms with Gasteiger partial charge in [0.05, 0.1) is 0 Å². The third kappa shape index (κ3) is 38.1. The molecule has 1 N–H and O–H groups in total. The molecule has 0 unspecified atom stereocenters. The minimum absolute atomic E-state index is 0.213. The SMILES string of the molecule is C=C(C)CCC=O.CC(=O)C(C)C.CNC. The molecule has 0 rings (SSSR count). The van der Waals surface area contributed by atoms with Crippen LogP contribution in [0.5, 0.6) is 0 Å². The minimum atomic E-state index is 0.213. The Balaban J connectivity index is -0.000000172. The van der Waals surface area contributed by atoms with Crippen molar-refractivity contribution < 1.29 is 9.59 Å². The third-order valence-corrected chi connectivity index (χ3v) is 1.50. The highest BCUT2D eigenvalue weighted by molar-refractivity contribution is 5.77. The molecule has 0 spiro atoms. The van der Waals surface area contributed by atoms with E-state index in [-0.39, 0.29) is 11.7 Å². The first-order valence-corrected chi connectivity index (χ1v) is 5.50. The number of ketones is 1. The molecule has 0 aliphatic carbocycles. The van der Waals surface area contributed by atoms with Crippen LogP contribution in [0.25, 0.3) is 0 Å². The molecule has 0 aliphatic heterocycles. The molecule has 0 saturated carbocycles. The second kappa shape index (κ2) is 16.5. The number of allylic oxidation sites excluding steroid dienone is 1. The third-order valence-electron chi connectivity index (χ3n) is 1.50. The summed E-state index contributed by atoms with van der Waals surface area (Å²) in [4.78, 5) is 19.8. The van der Waals surface area contributed by atoms with Crippen LogP contribution < -0.4 is 5.32 Å². The van der Waals surface area contributed by atoms with Gasteiger partial charge in [-0.25, -0.2) is 0 Å². The smallest absolute Gasteiger partial charge is 0.132 e. The van der Waals surface area contributed by atoms with Crippen LogP contribution >= 0.6 is 0 Å². The van der Waals surface area contributed by atoms with Crippen LogP contribution in [-0.4, -0.2) is 26.2 Å². The van der Waals surface area contributed by atoms with Crippen molar-refractivity contribution in [3.63, 3.8) is 0 Å². The fourth-order valence-electron chi connectivity index (χ4n) is 0.305. The van der Waals surface area contributed by atoms with Crippen molar-refractivity contribution >= 4 is 12.1 Å². The number of rotatable bonds is 4. The maximum Gasteiger partial charge on any atom is 0.132 e. The highest BCUT2D eigenvalue weighted by atomic mass is 16.1. The molecule has 16 heavy (non-hydrogen) atoms. The summed E-state index contributed by atoms with van der Waals surface area (Å²) >= 11 is 0. The Morgan fingerprint density at radius 3 is 1.69 bits per heavy atom. The van der Waals surface area contributed by atoms with Gasteiger partial charge in [0, 0.05) is 12.3 Å². The summed E-state index contributed by atoms with van der Waals surface area (Å²) in [6.45, 7) is 10.9. The summed E-state index contributed by atoms with van der Waals surface area (Å²) in [5.74, 6) is 0.472. The number of hydrogen-bond donors (Lipinski definition) is 1. The molecule has 0 radical (unpaired) electrons. The van der Waals surface area contributed by atoms with E-state index in [1.165, 1.54) is 0 Å². The number of carbonyl (C=O) groups excluding carboxylic acids is 2. The fraction of sp³-hybridized carbons (Fsp3) is 0.692. The van der Waals surface area contributed by atoms with Crippen LogP contribution in [0.3, 0.4) is 0 Å². The Bertz CT molecular complexity index is 186.